The van der Waals surface area contributed by atoms with Gasteiger partial charge in [0.15, 0.2) is 5.76 Å². The minimum absolute atomic E-state index is 0.0489. The van der Waals surface area contributed by atoms with Gasteiger partial charge in [0.1, 0.15) is 6.04 Å². The number of carbonyl (C=O) groups is 2. The van der Waals surface area contributed by atoms with Gasteiger partial charge in [0.25, 0.3) is 5.91 Å². The van der Waals surface area contributed by atoms with Crippen LogP contribution in [0.15, 0.2) is 47.1 Å². The van der Waals surface area contributed by atoms with Gasteiger partial charge in [-0.1, -0.05) is 56.9 Å². The number of benzene rings is 1. The summed E-state index contributed by atoms with van der Waals surface area (Å²) in [5, 5.41) is 3.25. The third kappa shape index (κ3) is 4.45. The molecule has 0 saturated heterocycles. The van der Waals surface area contributed by atoms with Crippen molar-refractivity contribution in [1.82, 2.24) is 10.2 Å². The van der Waals surface area contributed by atoms with Crippen LogP contribution in [-0.2, 0) is 11.2 Å². The van der Waals surface area contributed by atoms with Crippen LogP contribution in [0.2, 0.25) is 0 Å². The SMILES string of the molecule is CCc1ccc(C(C(=O)NC2CCCC2)N(C(=O)c2ccco2)C2CCCC2)cc1. The molecule has 2 aromatic rings. The molecular weight excluding hydrogens is 376 g/mol. The van der Waals surface area contributed by atoms with E-state index in [-0.39, 0.29) is 23.9 Å². The van der Waals surface area contributed by atoms with Gasteiger partial charge in [-0.15, -0.1) is 0 Å². The lowest BCUT2D eigenvalue weighted by atomic mass is 9.98. The van der Waals surface area contributed by atoms with Crippen molar-refractivity contribution in [2.45, 2.75) is 82.8 Å². The van der Waals surface area contributed by atoms with E-state index in [4.69, 9.17) is 4.42 Å². The summed E-state index contributed by atoms with van der Waals surface area (Å²) in [5.41, 5.74) is 2.09. The first kappa shape index (κ1) is 20.7. The van der Waals surface area contributed by atoms with Crippen LogP contribution in [0.1, 0.15) is 86.0 Å². The second kappa shape index (κ2) is 9.50. The largest absolute Gasteiger partial charge is 0.459 e. The molecule has 2 fully saturated rings. The Morgan fingerprint density at radius 3 is 2.30 bits per heavy atom. The van der Waals surface area contributed by atoms with Gasteiger partial charge >= 0.3 is 0 Å². The summed E-state index contributed by atoms with van der Waals surface area (Å²) in [5.74, 6) is 0.0294. The van der Waals surface area contributed by atoms with Crippen molar-refractivity contribution in [3.63, 3.8) is 0 Å². The molecule has 30 heavy (non-hydrogen) atoms. The molecule has 2 saturated carbocycles. The normalized spacial score (nSPS) is 18.4. The quantitative estimate of drug-likeness (QED) is 0.699. The maximum atomic E-state index is 13.6. The highest BCUT2D eigenvalue weighted by atomic mass is 16.3. The predicted molar refractivity (Wildman–Crippen MR) is 116 cm³/mol. The summed E-state index contributed by atoms with van der Waals surface area (Å²) in [7, 11) is 0. The smallest absolute Gasteiger partial charge is 0.290 e. The first-order valence-corrected chi connectivity index (χ1v) is 11.4. The molecule has 5 heteroatoms. The molecule has 5 nitrogen and oxygen atoms in total. The number of aryl methyl sites for hydroxylation is 1. The van der Waals surface area contributed by atoms with Gasteiger partial charge in [-0.3, -0.25) is 9.59 Å². The van der Waals surface area contributed by atoms with E-state index < -0.39 is 6.04 Å². The first-order valence-electron chi connectivity index (χ1n) is 11.4. The molecule has 4 rings (SSSR count). The molecule has 1 aromatic heterocycles. The molecule has 2 amide bonds. The van der Waals surface area contributed by atoms with Gasteiger partial charge in [-0.25, -0.2) is 0 Å². The Hall–Kier alpha value is -2.56. The summed E-state index contributed by atoms with van der Waals surface area (Å²) in [6.07, 6.45) is 10.8. The molecule has 0 bridgehead atoms. The monoisotopic (exact) mass is 408 g/mol. The number of nitrogens with zero attached hydrogens (tertiary/aromatic N) is 1. The fraction of sp³-hybridized carbons (Fsp3) is 0.520. The molecule has 1 heterocycles. The van der Waals surface area contributed by atoms with E-state index in [1.807, 2.05) is 12.1 Å². The molecule has 1 unspecified atom stereocenters. The third-order valence-electron chi connectivity index (χ3n) is 6.62. The molecule has 160 valence electrons. The van der Waals surface area contributed by atoms with E-state index in [1.165, 1.54) is 11.8 Å². The Morgan fingerprint density at radius 2 is 1.70 bits per heavy atom. The summed E-state index contributed by atoms with van der Waals surface area (Å²) in [6.45, 7) is 2.12. The maximum absolute atomic E-state index is 13.6. The highest BCUT2D eigenvalue weighted by Crippen LogP contribution is 2.34. The highest BCUT2D eigenvalue weighted by molar-refractivity contribution is 5.96. The summed E-state index contributed by atoms with van der Waals surface area (Å²) in [6, 6.07) is 11.2. The van der Waals surface area contributed by atoms with Crippen LogP contribution in [0, 0.1) is 0 Å². The maximum Gasteiger partial charge on any atom is 0.290 e. The van der Waals surface area contributed by atoms with Crippen LogP contribution in [-0.4, -0.2) is 28.8 Å². The standard InChI is InChI=1S/C25H32N2O3/c1-2-18-13-15-19(16-14-18)23(24(28)26-20-8-3-4-9-20)27(21-10-5-6-11-21)25(29)22-12-7-17-30-22/h7,12-17,20-21,23H,2-6,8-11H2,1H3,(H,26,28). The van der Waals surface area contributed by atoms with Crippen LogP contribution in [0.5, 0.6) is 0 Å². The van der Waals surface area contributed by atoms with Crippen molar-refractivity contribution in [3.8, 4) is 0 Å². The number of carbonyl (C=O) groups excluding carboxylic acids is 2. The first-order chi connectivity index (χ1) is 14.7. The van der Waals surface area contributed by atoms with Gasteiger partial charge in [0.05, 0.1) is 6.26 Å². The molecule has 0 radical (unpaired) electrons. The van der Waals surface area contributed by atoms with Gasteiger partial charge in [0, 0.05) is 12.1 Å². The number of amides is 2. The molecule has 2 aliphatic rings. The average molecular weight is 409 g/mol. The van der Waals surface area contributed by atoms with Gasteiger partial charge in [-0.2, -0.15) is 0 Å². The van der Waals surface area contributed by atoms with E-state index in [0.717, 1.165) is 63.4 Å². The van der Waals surface area contributed by atoms with Gasteiger partial charge < -0.3 is 14.6 Å². The van der Waals surface area contributed by atoms with Crippen molar-refractivity contribution in [3.05, 3.63) is 59.5 Å². The number of furan rings is 1. The van der Waals surface area contributed by atoms with E-state index in [0.29, 0.717) is 5.76 Å². The van der Waals surface area contributed by atoms with Gasteiger partial charge in [-0.05, 0) is 55.4 Å². The zero-order valence-electron chi connectivity index (χ0n) is 17.8. The average Bonchev–Trinajstić information content (AvgIpc) is 3.55. The topological polar surface area (TPSA) is 62.6 Å². The summed E-state index contributed by atoms with van der Waals surface area (Å²) < 4.78 is 5.45. The molecule has 2 aliphatic carbocycles. The zero-order valence-corrected chi connectivity index (χ0v) is 17.8. The highest BCUT2D eigenvalue weighted by Gasteiger charge is 2.39. The third-order valence-corrected chi connectivity index (χ3v) is 6.62. The molecule has 1 atom stereocenters. The lowest BCUT2D eigenvalue weighted by Gasteiger charge is -2.36. The van der Waals surface area contributed by atoms with Gasteiger partial charge in [0.2, 0.25) is 5.91 Å². The van der Waals surface area contributed by atoms with Crippen LogP contribution in [0.25, 0.3) is 0 Å². The fourth-order valence-electron chi connectivity index (χ4n) is 4.93. The van der Waals surface area contributed by atoms with E-state index >= 15 is 0 Å². The lowest BCUT2D eigenvalue weighted by molar-refractivity contribution is -0.127. The number of hydrogen-bond acceptors (Lipinski definition) is 3. The molecule has 1 N–H and O–H groups in total. The van der Waals surface area contributed by atoms with Crippen molar-refractivity contribution in [2.24, 2.45) is 0 Å². The molecular formula is C25H32N2O3. The Morgan fingerprint density at radius 1 is 1.03 bits per heavy atom. The van der Waals surface area contributed by atoms with E-state index in [9.17, 15) is 9.59 Å². The number of hydrogen-bond donors (Lipinski definition) is 1. The summed E-state index contributed by atoms with van der Waals surface area (Å²) in [4.78, 5) is 28.9. The van der Waals surface area contributed by atoms with Crippen molar-refractivity contribution >= 4 is 11.8 Å². The second-order valence-electron chi connectivity index (χ2n) is 8.62. The minimum Gasteiger partial charge on any atom is -0.459 e. The predicted octanol–water partition coefficient (Wildman–Crippen LogP) is 5.03. The minimum atomic E-state index is -0.641. The number of nitrogens with one attached hydrogen (secondary N) is 1. The fourth-order valence-corrected chi connectivity index (χ4v) is 4.93. The lowest BCUT2D eigenvalue weighted by Crippen LogP contribution is -2.49. The van der Waals surface area contributed by atoms with Crippen LogP contribution < -0.4 is 5.32 Å². The zero-order chi connectivity index (χ0) is 20.9. The van der Waals surface area contributed by atoms with E-state index in [1.54, 1.807) is 17.0 Å². The van der Waals surface area contributed by atoms with Crippen molar-refractivity contribution < 1.29 is 14.0 Å². The van der Waals surface area contributed by atoms with Crippen molar-refractivity contribution in [1.29, 1.82) is 0 Å². The van der Waals surface area contributed by atoms with E-state index in [2.05, 4.69) is 24.4 Å². The molecule has 0 spiro atoms. The number of rotatable bonds is 7. The summed E-state index contributed by atoms with van der Waals surface area (Å²) >= 11 is 0. The Labute approximate surface area is 178 Å². The van der Waals surface area contributed by atoms with Crippen molar-refractivity contribution in [2.75, 3.05) is 0 Å². The van der Waals surface area contributed by atoms with Crippen LogP contribution in [0.4, 0.5) is 0 Å². The Balaban J connectivity index is 1.71. The Kier molecular flexibility index (Phi) is 6.56. The second-order valence-corrected chi connectivity index (χ2v) is 8.62. The molecule has 1 aromatic carbocycles. The van der Waals surface area contributed by atoms with Crippen LogP contribution in [0.3, 0.4) is 0 Å². The molecule has 0 aliphatic heterocycles. The Bertz CT molecular complexity index is 832. The van der Waals surface area contributed by atoms with Crippen LogP contribution >= 0.6 is 0 Å².